The van der Waals surface area contributed by atoms with E-state index in [9.17, 15) is 26.7 Å². The summed E-state index contributed by atoms with van der Waals surface area (Å²) in [5.74, 6) is -0.527. The number of hydrogen-bond acceptors (Lipinski definition) is 7. The number of hydrogen-bond donors (Lipinski definition) is 1. The van der Waals surface area contributed by atoms with Crippen LogP contribution in [0, 0.1) is 19.7 Å². The normalized spacial score (nSPS) is 12.2. The van der Waals surface area contributed by atoms with Gasteiger partial charge in [-0.15, -0.1) is 0 Å². The third kappa shape index (κ3) is 5.42. The second-order valence-electron chi connectivity index (χ2n) is 9.39. The summed E-state index contributed by atoms with van der Waals surface area (Å²) in [6.07, 6.45) is -1.50. The molecule has 0 amide bonds. The second-order valence-corrected chi connectivity index (χ2v) is 11.7. The lowest BCUT2D eigenvalue weighted by atomic mass is 9.97. The molecule has 2 aromatic carbocycles. The van der Waals surface area contributed by atoms with E-state index in [1.54, 1.807) is 19.1 Å². The minimum absolute atomic E-state index is 0.0233. The number of aliphatic hydroxyl groups excluding tert-OH is 1. The maximum Gasteiger partial charge on any atom is 0.434 e. The Morgan fingerprint density at radius 1 is 1.05 bits per heavy atom. The number of sulfone groups is 1. The molecule has 42 heavy (non-hydrogen) atoms. The highest BCUT2D eigenvalue weighted by atomic mass is 35.5. The SMILES string of the molecule is Cc1nc(-c2cc(-c3cc(F)c(CO)c(S(C)(=O)=O)c3)ccc2-n2cc(C(F)(F)F)nc2C)c(-c2cccnc2Cl)o1. The maximum atomic E-state index is 15.0. The van der Waals surface area contributed by atoms with Crippen molar-refractivity contribution >= 4 is 21.4 Å². The van der Waals surface area contributed by atoms with Crippen molar-refractivity contribution in [2.75, 3.05) is 6.26 Å². The molecule has 0 spiro atoms. The number of halogens is 5. The second kappa shape index (κ2) is 10.6. The molecular formula is C28H21ClF4N4O4S. The molecule has 218 valence electrons. The molecule has 0 saturated heterocycles. The highest BCUT2D eigenvalue weighted by molar-refractivity contribution is 7.90. The molecular weight excluding hydrogens is 600 g/mol. The quantitative estimate of drug-likeness (QED) is 0.169. The number of aromatic nitrogens is 4. The van der Waals surface area contributed by atoms with Crippen LogP contribution in [-0.2, 0) is 22.6 Å². The lowest BCUT2D eigenvalue weighted by molar-refractivity contribution is -0.141. The smallest absolute Gasteiger partial charge is 0.434 e. The molecule has 1 N–H and O–H groups in total. The average Bonchev–Trinajstić information content (AvgIpc) is 3.50. The zero-order chi connectivity index (χ0) is 30.6. The van der Waals surface area contributed by atoms with Crippen molar-refractivity contribution in [2.45, 2.75) is 31.5 Å². The Kier molecular flexibility index (Phi) is 7.46. The van der Waals surface area contributed by atoms with Crippen LogP contribution in [0.1, 0.15) is 23.0 Å². The summed E-state index contributed by atoms with van der Waals surface area (Å²) in [7, 11) is -3.94. The zero-order valence-corrected chi connectivity index (χ0v) is 23.7. The molecule has 0 unspecified atom stereocenters. The van der Waals surface area contributed by atoms with Gasteiger partial charge in [0, 0.05) is 36.7 Å². The minimum Gasteiger partial charge on any atom is -0.440 e. The number of oxazole rings is 1. The maximum absolute atomic E-state index is 15.0. The van der Waals surface area contributed by atoms with Crippen molar-refractivity contribution in [3.05, 3.63) is 88.8 Å². The molecule has 0 aliphatic rings. The van der Waals surface area contributed by atoms with Gasteiger partial charge >= 0.3 is 6.18 Å². The summed E-state index contributed by atoms with van der Waals surface area (Å²) in [6.45, 7) is 2.14. The van der Waals surface area contributed by atoms with Gasteiger partial charge in [0.1, 0.15) is 22.5 Å². The molecule has 8 nitrogen and oxygen atoms in total. The number of imidazole rings is 1. The van der Waals surface area contributed by atoms with Gasteiger partial charge in [-0.3, -0.25) is 0 Å². The van der Waals surface area contributed by atoms with E-state index in [0.29, 0.717) is 11.1 Å². The molecule has 5 aromatic rings. The van der Waals surface area contributed by atoms with E-state index in [2.05, 4.69) is 15.0 Å². The minimum atomic E-state index is -4.71. The molecule has 0 radical (unpaired) electrons. The van der Waals surface area contributed by atoms with Crippen LogP contribution in [0.15, 0.2) is 64.2 Å². The summed E-state index contributed by atoms with van der Waals surface area (Å²) < 4.78 is 87.6. The van der Waals surface area contributed by atoms with E-state index in [1.165, 1.54) is 42.0 Å². The summed E-state index contributed by atoms with van der Waals surface area (Å²) in [5.41, 5.74) is -0.0181. The highest BCUT2D eigenvalue weighted by Gasteiger charge is 2.35. The Morgan fingerprint density at radius 2 is 1.79 bits per heavy atom. The number of aliphatic hydroxyl groups is 1. The Balaban J connectivity index is 1.82. The summed E-state index contributed by atoms with van der Waals surface area (Å²) in [4.78, 5) is 11.8. The van der Waals surface area contributed by atoms with E-state index in [1.807, 2.05) is 0 Å². The number of aryl methyl sites for hydroxylation is 2. The van der Waals surface area contributed by atoms with Crippen molar-refractivity contribution in [2.24, 2.45) is 0 Å². The van der Waals surface area contributed by atoms with E-state index in [0.717, 1.165) is 18.5 Å². The van der Waals surface area contributed by atoms with Crippen LogP contribution in [0.25, 0.3) is 39.4 Å². The summed E-state index contributed by atoms with van der Waals surface area (Å²) >= 11 is 6.34. The molecule has 14 heteroatoms. The molecule has 0 aliphatic carbocycles. The van der Waals surface area contributed by atoms with E-state index in [4.69, 9.17) is 16.0 Å². The number of rotatable bonds is 6. The first-order valence-corrected chi connectivity index (χ1v) is 14.5. The highest BCUT2D eigenvalue weighted by Crippen LogP contribution is 2.41. The Hall–Kier alpha value is -4.07. The molecule has 0 saturated carbocycles. The van der Waals surface area contributed by atoms with Crippen LogP contribution in [0.2, 0.25) is 5.15 Å². The van der Waals surface area contributed by atoms with Crippen LogP contribution >= 0.6 is 11.6 Å². The van der Waals surface area contributed by atoms with Crippen LogP contribution in [0.5, 0.6) is 0 Å². The van der Waals surface area contributed by atoms with Gasteiger partial charge in [-0.2, -0.15) is 13.2 Å². The van der Waals surface area contributed by atoms with Gasteiger partial charge in [-0.05, 0) is 54.4 Å². The van der Waals surface area contributed by atoms with E-state index in [-0.39, 0.29) is 50.7 Å². The first-order chi connectivity index (χ1) is 19.7. The predicted molar refractivity (Wildman–Crippen MR) is 146 cm³/mol. The fourth-order valence-electron chi connectivity index (χ4n) is 4.58. The van der Waals surface area contributed by atoms with Crippen LogP contribution in [0.3, 0.4) is 0 Å². The largest absolute Gasteiger partial charge is 0.440 e. The molecule has 0 bridgehead atoms. The molecule has 3 aromatic heterocycles. The van der Waals surface area contributed by atoms with E-state index < -0.39 is 39.0 Å². The lowest BCUT2D eigenvalue weighted by Gasteiger charge is -2.15. The van der Waals surface area contributed by atoms with Crippen molar-refractivity contribution in [3.8, 4) is 39.4 Å². The van der Waals surface area contributed by atoms with Gasteiger partial charge in [0.2, 0.25) is 0 Å². The van der Waals surface area contributed by atoms with Crippen LogP contribution in [-0.4, -0.2) is 39.3 Å². The topological polar surface area (TPSA) is 111 Å². The number of nitrogens with zero attached hydrogens (tertiary/aromatic N) is 4. The van der Waals surface area contributed by atoms with Crippen molar-refractivity contribution in [3.63, 3.8) is 0 Å². The number of pyridine rings is 1. The Labute approximate surface area is 242 Å². The van der Waals surface area contributed by atoms with E-state index >= 15 is 4.39 Å². The van der Waals surface area contributed by atoms with Crippen LogP contribution in [0.4, 0.5) is 17.6 Å². The standard InChI is InChI=1S/C28H21ClF4N4O4S/c1-14-35-24(28(31,32)33)12-37(14)22-7-6-16(17-10-21(30)20(13-38)23(11-17)42(3,39)40)9-19(22)25-26(41-15(2)36-25)18-5-4-8-34-27(18)29/h4-12,38H,13H2,1-3H3. The summed E-state index contributed by atoms with van der Waals surface area (Å²) in [6, 6.07) is 10.0. The van der Waals surface area contributed by atoms with Crippen LogP contribution < -0.4 is 0 Å². The third-order valence-corrected chi connectivity index (χ3v) is 7.93. The number of benzene rings is 2. The average molecular weight is 621 g/mol. The van der Waals surface area contributed by atoms with Gasteiger partial charge in [0.15, 0.2) is 27.2 Å². The van der Waals surface area contributed by atoms with Gasteiger partial charge in [0.05, 0.1) is 22.8 Å². The molecule has 0 atom stereocenters. The molecule has 5 rings (SSSR count). The molecule has 0 fully saturated rings. The van der Waals surface area contributed by atoms with Gasteiger partial charge in [0.25, 0.3) is 0 Å². The van der Waals surface area contributed by atoms with Gasteiger partial charge in [-0.1, -0.05) is 17.7 Å². The summed E-state index contributed by atoms with van der Waals surface area (Å²) in [5, 5.41) is 9.69. The van der Waals surface area contributed by atoms with Crippen molar-refractivity contribution in [1.82, 2.24) is 19.5 Å². The Bertz CT molecular complexity index is 1950. The fourth-order valence-corrected chi connectivity index (χ4v) is 5.73. The first kappa shape index (κ1) is 29.4. The Morgan fingerprint density at radius 3 is 2.40 bits per heavy atom. The van der Waals surface area contributed by atoms with Gasteiger partial charge < -0.3 is 14.1 Å². The van der Waals surface area contributed by atoms with Crippen molar-refractivity contribution in [1.29, 1.82) is 0 Å². The third-order valence-electron chi connectivity index (χ3n) is 6.47. The monoisotopic (exact) mass is 620 g/mol. The zero-order valence-electron chi connectivity index (χ0n) is 22.2. The fraction of sp³-hybridized carbons (Fsp3) is 0.179. The predicted octanol–water partition coefficient (Wildman–Crippen LogP) is 6.58. The van der Waals surface area contributed by atoms with Crippen molar-refractivity contribution < 1.29 is 35.5 Å². The first-order valence-electron chi connectivity index (χ1n) is 12.2. The molecule has 3 heterocycles. The number of alkyl halides is 3. The molecule has 0 aliphatic heterocycles. The van der Waals surface area contributed by atoms with Gasteiger partial charge in [-0.25, -0.2) is 27.8 Å². The lowest BCUT2D eigenvalue weighted by Crippen LogP contribution is -2.06.